The fourth-order valence-corrected chi connectivity index (χ4v) is 1.03. The zero-order valence-corrected chi connectivity index (χ0v) is 7.44. The molecular weight excluding hydrogens is 176 g/mol. The highest BCUT2D eigenvalue weighted by Crippen LogP contribution is 2.26. The molecule has 0 amide bonds. The van der Waals surface area contributed by atoms with E-state index in [0.29, 0.717) is 6.07 Å². The van der Waals surface area contributed by atoms with E-state index in [4.69, 9.17) is 10.8 Å². The van der Waals surface area contributed by atoms with Crippen molar-refractivity contribution in [3.8, 4) is 5.75 Å². The molecule has 0 fully saturated rings. The molecule has 0 aliphatic rings. The molecule has 0 aliphatic carbocycles. The fourth-order valence-electron chi connectivity index (χ4n) is 1.03. The smallest absolute Gasteiger partial charge is 0.167 e. The minimum absolute atomic E-state index is 0.0893. The van der Waals surface area contributed by atoms with E-state index in [-0.39, 0.29) is 5.56 Å². The molecule has 0 unspecified atom stereocenters. The third-order valence-electron chi connectivity index (χ3n) is 1.73. The molecule has 3 N–H and O–H groups in total. The molecule has 0 aliphatic heterocycles. The van der Waals surface area contributed by atoms with Crippen molar-refractivity contribution in [2.75, 3.05) is 0 Å². The van der Waals surface area contributed by atoms with Crippen LogP contribution in [0.2, 0.25) is 0 Å². The number of hydrogen-bond donors (Lipinski definition) is 2. The number of nitrogens with two attached hydrogens (primary N) is 1. The van der Waals surface area contributed by atoms with Crippen molar-refractivity contribution < 1.29 is 13.9 Å². The second-order valence-electron chi connectivity index (χ2n) is 3.51. The Morgan fingerprint density at radius 2 is 1.77 bits per heavy atom. The topological polar surface area (TPSA) is 46.2 Å². The van der Waals surface area contributed by atoms with Gasteiger partial charge in [0.1, 0.15) is 5.82 Å². The maximum Gasteiger partial charge on any atom is 0.167 e. The summed E-state index contributed by atoms with van der Waals surface area (Å²) in [5, 5.41) is 8.99. The number of aromatic hydroxyl groups is 1. The summed E-state index contributed by atoms with van der Waals surface area (Å²) in [5.41, 5.74) is 4.76. The zero-order chi connectivity index (χ0) is 10.2. The van der Waals surface area contributed by atoms with E-state index < -0.39 is 22.9 Å². The molecule has 72 valence electrons. The molecule has 0 aromatic heterocycles. The number of benzene rings is 1. The van der Waals surface area contributed by atoms with E-state index in [2.05, 4.69) is 0 Å². The van der Waals surface area contributed by atoms with Crippen LogP contribution in [0.25, 0.3) is 0 Å². The molecule has 0 bridgehead atoms. The predicted molar refractivity (Wildman–Crippen MR) is 45.2 cm³/mol. The van der Waals surface area contributed by atoms with Gasteiger partial charge in [-0.3, -0.25) is 0 Å². The van der Waals surface area contributed by atoms with Gasteiger partial charge in [-0.1, -0.05) is 0 Å². The first-order valence-corrected chi connectivity index (χ1v) is 3.79. The maximum absolute atomic E-state index is 13.1. The SMILES string of the molecule is CC(C)(N)c1cc(O)c(F)cc1F. The summed E-state index contributed by atoms with van der Waals surface area (Å²) in [7, 11) is 0. The van der Waals surface area contributed by atoms with E-state index in [9.17, 15) is 8.78 Å². The van der Waals surface area contributed by atoms with Crippen LogP contribution in [0.1, 0.15) is 19.4 Å². The quantitative estimate of drug-likeness (QED) is 0.704. The van der Waals surface area contributed by atoms with Crippen LogP contribution >= 0.6 is 0 Å². The lowest BCUT2D eigenvalue weighted by Gasteiger charge is -2.19. The van der Waals surface area contributed by atoms with Crippen LogP contribution in [0.5, 0.6) is 5.75 Å². The van der Waals surface area contributed by atoms with Gasteiger partial charge in [0.15, 0.2) is 11.6 Å². The van der Waals surface area contributed by atoms with Crippen LogP contribution in [-0.2, 0) is 5.54 Å². The molecule has 0 heterocycles. The number of halogens is 2. The zero-order valence-electron chi connectivity index (χ0n) is 7.44. The first-order chi connectivity index (χ1) is 5.82. The molecule has 13 heavy (non-hydrogen) atoms. The van der Waals surface area contributed by atoms with E-state index >= 15 is 0 Å². The Labute approximate surface area is 75.0 Å². The lowest BCUT2D eigenvalue weighted by Crippen LogP contribution is -2.29. The van der Waals surface area contributed by atoms with Crippen molar-refractivity contribution in [3.63, 3.8) is 0 Å². The third-order valence-corrected chi connectivity index (χ3v) is 1.73. The molecule has 4 heteroatoms. The first-order valence-electron chi connectivity index (χ1n) is 3.79. The summed E-state index contributed by atoms with van der Waals surface area (Å²) in [4.78, 5) is 0. The molecule has 0 saturated carbocycles. The molecule has 1 aromatic rings. The Bertz CT molecular complexity index is 331. The van der Waals surface area contributed by atoms with E-state index in [0.717, 1.165) is 6.07 Å². The minimum atomic E-state index is -0.981. The van der Waals surface area contributed by atoms with Crippen LogP contribution in [-0.4, -0.2) is 5.11 Å². The van der Waals surface area contributed by atoms with Crippen LogP contribution in [0.4, 0.5) is 8.78 Å². The monoisotopic (exact) mass is 187 g/mol. The second-order valence-corrected chi connectivity index (χ2v) is 3.51. The van der Waals surface area contributed by atoms with Crippen LogP contribution in [0.15, 0.2) is 12.1 Å². The minimum Gasteiger partial charge on any atom is -0.505 e. The lowest BCUT2D eigenvalue weighted by atomic mass is 9.95. The van der Waals surface area contributed by atoms with Crippen molar-refractivity contribution in [1.82, 2.24) is 0 Å². The molecule has 2 nitrogen and oxygen atoms in total. The summed E-state index contributed by atoms with van der Waals surface area (Å²) in [6.07, 6.45) is 0. The fraction of sp³-hybridized carbons (Fsp3) is 0.333. The van der Waals surface area contributed by atoms with E-state index in [1.165, 1.54) is 0 Å². The van der Waals surface area contributed by atoms with Crippen molar-refractivity contribution in [3.05, 3.63) is 29.3 Å². The van der Waals surface area contributed by atoms with Crippen LogP contribution < -0.4 is 5.73 Å². The predicted octanol–water partition coefficient (Wildman–Crippen LogP) is 1.86. The van der Waals surface area contributed by atoms with Gasteiger partial charge in [0.2, 0.25) is 0 Å². The van der Waals surface area contributed by atoms with E-state index in [1.54, 1.807) is 13.8 Å². The highest BCUT2D eigenvalue weighted by atomic mass is 19.1. The van der Waals surface area contributed by atoms with E-state index in [1.807, 2.05) is 0 Å². The van der Waals surface area contributed by atoms with Crippen molar-refractivity contribution in [2.45, 2.75) is 19.4 Å². The maximum atomic E-state index is 13.1. The van der Waals surface area contributed by atoms with Gasteiger partial charge in [0.25, 0.3) is 0 Å². The lowest BCUT2D eigenvalue weighted by molar-refractivity contribution is 0.417. The van der Waals surface area contributed by atoms with Crippen LogP contribution in [0.3, 0.4) is 0 Å². The molecule has 0 atom stereocenters. The summed E-state index contributed by atoms with van der Waals surface area (Å²) in [6.45, 7) is 3.14. The van der Waals surface area contributed by atoms with Gasteiger partial charge in [-0.25, -0.2) is 8.78 Å². The first kappa shape index (κ1) is 9.92. The summed E-state index contributed by atoms with van der Waals surface area (Å²) >= 11 is 0. The highest BCUT2D eigenvalue weighted by molar-refractivity contribution is 5.34. The van der Waals surface area contributed by atoms with Gasteiger partial charge in [-0.15, -0.1) is 0 Å². The second kappa shape index (κ2) is 2.96. The number of phenolic OH excluding ortho intramolecular Hbond substituents is 1. The standard InChI is InChI=1S/C9H11F2NO/c1-9(2,12)5-3-8(13)7(11)4-6(5)10/h3-4,13H,12H2,1-2H3. The Kier molecular flexibility index (Phi) is 2.26. The number of rotatable bonds is 1. The number of phenols is 1. The van der Waals surface area contributed by atoms with Crippen molar-refractivity contribution in [2.24, 2.45) is 5.73 Å². The third kappa shape index (κ3) is 1.95. The normalized spacial score (nSPS) is 11.8. The number of hydrogen-bond acceptors (Lipinski definition) is 2. The summed E-state index contributed by atoms with van der Waals surface area (Å²) in [5.74, 6) is -2.32. The van der Waals surface area contributed by atoms with Crippen molar-refractivity contribution in [1.29, 1.82) is 0 Å². The van der Waals surface area contributed by atoms with Gasteiger partial charge in [-0.05, 0) is 19.9 Å². The molecule has 0 radical (unpaired) electrons. The Morgan fingerprint density at radius 3 is 2.23 bits per heavy atom. The van der Waals surface area contributed by atoms with Gasteiger partial charge in [-0.2, -0.15) is 0 Å². The van der Waals surface area contributed by atoms with Crippen molar-refractivity contribution >= 4 is 0 Å². The van der Waals surface area contributed by atoms with Gasteiger partial charge < -0.3 is 10.8 Å². The average molecular weight is 187 g/mol. The molecule has 0 spiro atoms. The summed E-state index contributed by atoms with van der Waals surface area (Å²) < 4.78 is 25.7. The Hall–Kier alpha value is -1.16. The van der Waals surface area contributed by atoms with Gasteiger partial charge in [0.05, 0.1) is 0 Å². The van der Waals surface area contributed by atoms with Gasteiger partial charge in [0, 0.05) is 17.2 Å². The largest absolute Gasteiger partial charge is 0.505 e. The molecule has 1 aromatic carbocycles. The molecular formula is C9H11F2NO. The van der Waals surface area contributed by atoms with Gasteiger partial charge >= 0.3 is 0 Å². The molecule has 0 saturated heterocycles. The Morgan fingerprint density at radius 1 is 1.23 bits per heavy atom. The molecule has 1 rings (SSSR count). The Balaban J connectivity index is 3.32. The summed E-state index contributed by atoms with van der Waals surface area (Å²) in [6, 6.07) is 1.63. The average Bonchev–Trinajstić information content (AvgIpc) is 1.94. The van der Waals surface area contributed by atoms with Crippen LogP contribution in [0, 0.1) is 11.6 Å². The highest BCUT2D eigenvalue weighted by Gasteiger charge is 2.21.